The third kappa shape index (κ3) is 5.36. The second-order valence-corrected chi connectivity index (χ2v) is 7.40. The SMILES string of the molecule is COc1ccc(OC)c(C(C)NC(=O)Cc2csc(NC(=O)c3ccccc3)n2)c1. The Morgan fingerprint density at radius 3 is 2.57 bits per heavy atom. The molecular formula is C22H23N3O4S. The number of rotatable bonds is 8. The maximum absolute atomic E-state index is 12.5. The van der Waals surface area contributed by atoms with Crippen LogP contribution in [-0.2, 0) is 11.2 Å². The number of anilines is 1. The molecule has 0 saturated heterocycles. The fraction of sp³-hybridized carbons (Fsp3) is 0.227. The van der Waals surface area contributed by atoms with Crippen molar-refractivity contribution in [2.75, 3.05) is 19.5 Å². The highest BCUT2D eigenvalue weighted by molar-refractivity contribution is 7.14. The van der Waals surface area contributed by atoms with Crippen molar-refractivity contribution in [1.82, 2.24) is 10.3 Å². The Balaban J connectivity index is 1.60. The van der Waals surface area contributed by atoms with Crippen LogP contribution in [0.2, 0.25) is 0 Å². The van der Waals surface area contributed by atoms with Crippen LogP contribution in [0.4, 0.5) is 5.13 Å². The minimum atomic E-state index is -0.279. The summed E-state index contributed by atoms with van der Waals surface area (Å²) in [5, 5.41) is 7.92. The van der Waals surface area contributed by atoms with E-state index in [2.05, 4.69) is 15.6 Å². The second-order valence-electron chi connectivity index (χ2n) is 6.54. The molecule has 0 aliphatic carbocycles. The summed E-state index contributed by atoms with van der Waals surface area (Å²) in [7, 11) is 3.17. The van der Waals surface area contributed by atoms with Gasteiger partial charge >= 0.3 is 0 Å². The van der Waals surface area contributed by atoms with E-state index in [1.807, 2.05) is 19.1 Å². The highest BCUT2D eigenvalue weighted by Crippen LogP contribution is 2.29. The number of ether oxygens (including phenoxy) is 2. The van der Waals surface area contributed by atoms with Crippen molar-refractivity contribution in [1.29, 1.82) is 0 Å². The third-order valence-corrected chi connectivity index (χ3v) is 5.24. The average Bonchev–Trinajstić information content (AvgIpc) is 3.20. The maximum atomic E-state index is 12.5. The Labute approximate surface area is 179 Å². The number of amides is 2. The first-order chi connectivity index (χ1) is 14.5. The molecule has 7 nitrogen and oxygen atoms in total. The van der Waals surface area contributed by atoms with Crippen molar-refractivity contribution < 1.29 is 19.1 Å². The Morgan fingerprint density at radius 2 is 1.87 bits per heavy atom. The molecule has 0 fully saturated rings. The number of aromatic nitrogens is 1. The lowest BCUT2D eigenvalue weighted by Crippen LogP contribution is -2.28. The minimum absolute atomic E-state index is 0.105. The van der Waals surface area contributed by atoms with E-state index in [1.54, 1.807) is 56.0 Å². The van der Waals surface area contributed by atoms with Gasteiger partial charge < -0.3 is 14.8 Å². The van der Waals surface area contributed by atoms with Crippen molar-refractivity contribution in [3.8, 4) is 11.5 Å². The van der Waals surface area contributed by atoms with Crippen LogP contribution < -0.4 is 20.1 Å². The van der Waals surface area contributed by atoms with Gasteiger partial charge in [0.1, 0.15) is 11.5 Å². The van der Waals surface area contributed by atoms with Gasteiger partial charge in [-0.25, -0.2) is 4.98 Å². The van der Waals surface area contributed by atoms with Crippen LogP contribution in [0.1, 0.15) is 34.6 Å². The normalized spacial score (nSPS) is 11.4. The van der Waals surface area contributed by atoms with Gasteiger partial charge in [-0.1, -0.05) is 18.2 Å². The van der Waals surface area contributed by atoms with Crippen LogP contribution in [0, 0.1) is 0 Å². The number of thiazole rings is 1. The van der Waals surface area contributed by atoms with Gasteiger partial charge in [0.25, 0.3) is 5.91 Å². The standard InChI is InChI=1S/C22H23N3O4S/c1-14(18-12-17(28-2)9-10-19(18)29-3)23-20(26)11-16-13-30-22(24-16)25-21(27)15-7-5-4-6-8-15/h4-10,12-14H,11H2,1-3H3,(H,23,26)(H,24,25,27). The molecule has 2 N–H and O–H groups in total. The van der Waals surface area contributed by atoms with E-state index in [-0.39, 0.29) is 24.3 Å². The molecule has 30 heavy (non-hydrogen) atoms. The zero-order valence-electron chi connectivity index (χ0n) is 17.0. The molecule has 2 aromatic carbocycles. The number of methoxy groups -OCH3 is 2. The summed E-state index contributed by atoms with van der Waals surface area (Å²) in [6.45, 7) is 1.88. The average molecular weight is 426 g/mol. The number of benzene rings is 2. The molecule has 0 bridgehead atoms. The maximum Gasteiger partial charge on any atom is 0.257 e. The van der Waals surface area contributed by atoms with Gasteiger partial charge in [-0.05, 0) is 37.3 Å². The van der Waals surface area contributed by atoms with Crippen molar-refractivity contribution in [2.45, 2.75) is 19.4 Å². The van der Waals surface area contributed by atoms with Gasteiger partial charge in [0, 0.05) is 16.5 Å². The Bertz CT molecular complexity index is 1020. The lowest BCUT2D eigenvalue weighted by molar-refractivity contribution is -0.121. The molecule has 3 aromatic rings. The zero-order chi connectivity index (χ0) is 21.5. The van der Waals surface area contributed by atoms with Crippen molar-refractivity contribution in [3.63, 3.8) is 0 Å². The number of carbonyl (C=O) groups is 2. The second kappa shape index (κ2) is 9.89. The number of nitrogens with zero attached hydrogens (tertiary/aromatic N) is 1. The van der Waals surface area contributed by atoms with Crippen LogP contribution in [0.25, 0.3) is 0 Å². The monoisotopic (exact) mass is 425 g/mol. The summed E-state index contributed by atoms with van der Waals surface area (Å²) in [6, 6.07) is 14.1. The van der Waals surface area contributed by atoms with Gasteiger partial charge in [-0.2, -0.15) is 0 Å². The predicted molar refractivity (Wildman–Crippen MR) is 116 cm³/mol. The number of carbonyl (C=O) groups excluding carboxylic acids is 2. The topological polar surface area (TPSA) is 89.5 Å². The molecule has 1 atom stereocenters. The highest BCUT2D eigenvalue weighted by Gasteiger charge is 2.17. The molecule has 0 radical (unpaired) electrons. The number of hydrogen-bond donors (Lipinski definition) is 2. The molecule has 1 unspecified atom stereocenters. The van der Waals surface area contributed by atoms with Gasteiger partial charge in [0.05, 0.1) is 32.4 Å². The van der Waals surface area contributed by atoms with E-state index in [0.29, 0.717) is 27.9 Å². The zero-order valence-corrected chi connectivity index (χ0v) is 17.8. The molecule has 1 heterocycles. The first kappa shape index (κ1) is 21.3. The quantitative estimate of drug-likeness (QED) is 0.572. The summed E-state index contributed by atoms with van der Waals surface area (Å²) < 4.78 is 10.6. The first-order valence-electron chi connectivity index (χ1n) is 9.32. The minimum Gasteiger partial charge on any atom is -0.497 e. The highest BCUT2D eigenvalue weighted by atomic mass is 32.1. The van der Waals surface area contributed by atoms with Gasteiger partial charge in [0.2, 0.25) is 5.91 Å². The van der Waals surface area contributed by atoms with Gasteiger partial charge in [0.15, 0.2) is 5.13 Å². The molecule has 3 rings (SSSR count). The van der Waals surface area contributed by atoms with Crippen molar-refractivity contribution in [3.05, 3.63) is 70.7 Å². The molecule has 8 heteroatoms. The van der Waals surface area contributed by atoms with E-state index < -0.39 is 0 Å². The Hall–Kier alpha value is -3.39. The molecule has 1 aromatic heterocycles. The fourth-order valence-electron chi connectivity index (χ4n) is 2.92. The van der Waals surface area contributed by atoms with E-state index in [0.717, 1.165) is 5.56 Å². The first-order valence-corrected chi connectivity index (χ1v) is 10.2. The van der Waals surface area contributed by atoms with Crippen LogP contribution in [0.3, 0.4) is 0 Å². The van der Waals surface area contributed by atoms with Gasteiger partial charge in [-0.3, -0.25) is 14.9 Å². The smallest absolute Gasteiger partial charge is 0.257 e. The summed E-state index contributed by atoms with van der Waals surface area (Å²) in [4.78, 5) is 29.1. The molecule has 0 saturated carbocycles. The third-order valence-electron chi connectivity index (χ3n) is 4.43. The Morgan fingerprint density at radius 1 is 1.10 bits per heavy atom. The van der Waals surface area contributed by atoms with E-state index in [4.69, 9.17) is 9.47 Å². The molecular weight excluding hydrogens is 402 g/mol. The summed E-state index contributed by atoms with van der Waals surface area (Å²) in [6.07, 6.45) is 0.105. The van der Waals surface area contributed by atoms with Crippen LogP contribution in [0.5, 0.6) is 11.5 Å². The van der Waals surface area contributed by atoms with Gasteiger partial charge in [-0.15, -0.1) is 11.3 Å². The molecule has 2 amide bonds. The summed E-state index contributed by atoms with van der Waals surface area (Å²) >= 11 is 1.28. The van der Waals surface area contributed by atoms with Crippen LogP contribution in [0.15, 0.2) is 53.9 Å². The van der Waals surface area contributed by atoms with Crippen LogP contribution in [-0.4, -0.2) is 31.0 Å². The Kier molecular flexibility index (Phi) is 7.03. The number of hydrogen-bond acceptors (Lipinski definition) is 6. The number of nitrogens with one attached hydrogen (secondary N) is 2. The molecule has 0 spiro atoms. The van der Waals surface area contributed by atoms with Crippen molar-refractivity contribution in [2.24, 2.45) is 0 Å². The molecule has 156 valence electrons. The fourth-order valence-corrected chi connectivity index (χ4v) is 3.62. The van der Waals surface area contributed by atoms with Crippen molar-refractivity contribution >= 4 is 28.3 Å². The largest absolute Gasteiger partial charge is 0.497 e. The molecule has 0 aliphatic heterocycles. The lowest BCUT2D eigenvalue weighted by Gasteiger charge is -2.18. The summed E-state index contributed by atoms with van der Waals surface area (Å²) in [5.41, 5.74) is 1.96. The predicted octanol–water partition coefficient (Wildman–Crippen LogP) is 3.83. The van der Waals surface area contributed by atoms with E-state index in [1.165, 1.54) is 11.3 Å². The summed E-state index contributed by atoms with van der Waals surface area (Å²) in [5.74, 6) is 0.937. The molecule has 0 aliphatic rings. The lowest BCUT2D eigenvalue weighted by atomic mass is 10.1. The van der Waals surface area contributed by atoms with E-state index in [9.17, 15) is 9.59 Å². The van der Waals surface area contributed by atoms with Crippen LogP contribution >= 0.6 is 11.3 Å². The van der Waals surface area contributed by atoms with E-state index >= 15 is 0 Å².